The largest absolute Gasteiger partial charge is 0.465 e. The van der Waals surface area contributed by atoms with Crippen LogP contribution in [-0.2, 0) is 4.74 Å². The Morgan fingerprint density at radius 1 is 1.09 bits per heavy atom. The van der Waals surface area contributed by atoms with E-state index in [-0.39, 0.29) is 5.91 Å². The molecule has 1 aromatic carbocycles. The first-order valence-electron chi connectivity index (χ1n) is 7.32. The van der Waals surface area contributed by atoms with Crippen molar-refractivity contribution >= 4 is 29.2 Å². The first-order chi connectivity index (χ1) is 10.5. The molecule has 0 saturated heterocycles. The van der Waals surface area contributed by atoms with Crippen molar-refractivity contribution in [1.82, 2.24) is 10.2 Å². The van der Waals surface area contributed by atoms with Crippen LogP contribution in [-0.4, -0.2) is 42.1 Å². The Balaban J connectivity index is 2.71. The van der Waals surface area contributed by atoms with Crippen LogP contribution in [0.2, 0.25) is 0 Å². The van der Waals surface area contributed by atoms with Crippen LogP contribution in [0.5, 0.6) is 0 Å². The molecule has 0 aliphatic rings. The van der Waals surface area contributed by atoms with Gasteiger partial charge in [0.15, 0.2) is 5.11 Å². The van der Waals surface area contributed by atoms with Crippen LogP contribution in [0.4, 0.5) is 0 Å². The van der Waals surface area contributed by atoms with E-state index in [1.54, 1.807) is 24.3 Å². The Hall–Kier alpha value is -1.95. The molecule has 0 heterocycles. The van der Waals surface area contributed by atoms with Crippen molar-refractivity contribution in [2.75, 3.05) is 20.2 Å². The maximum atomic E-state index is 12.2. The highest BCUT2D eigenvalue weighted by molar-refractivity contribution is 7.80. The molecule has 0 aromatic heterocycles. The van der Waals surface area contributed by atoms with Crippen molar-refractivity contribution in [3.05, 3.63) is 35.4 Å². The number of hydrogen-bond acceptors (Lipinski definition) is 4. The second kappa shape index (κ2) is 9.15. The van der Waals surface area contributed by atoms with Crippen molar-refractivity contribution in [1.29, 1.82) is 0 Å². The van der Waals surface area contributed by atoms with Crippen molar-refractivity contribution < 1.29 is 14.3 Å². The van der Waals surface area contributed by atoms with Crippen molar-refractivity contribution in [3.63, 3.8) is 0 Å². The number of nitrogens with one attached hydrogen (secondary N) is 1. The number of carbonyl (C=O) groups excluding carboxylic acids is 2. The summed E-state index contributed by atoms with van der Waals surface area (Å²) in [6.45, 7) is 5.76. The molecule has 0 radical (unpaired) electrons. The molecule has 1 amide bonds. The van der Waals surface area contributed by atoms with Crippen LogP contribution in [0.25, 0.3) is 0 Å². The second-order valence-corrected chi connectivity index (χ2v) is 5.20. The standard InChI is InChI=1S/C16H22N2O3S/c1-4-10-18(11-5-2)16(22)17-14(19)12-6-8-13(9-7-12)15(20)21-3/h6-9H,4-5,10-11H2,1-3H3,(H,17,19,22). The minimum Gasteiger partial charge on any atom is -0.465 e. The van der Waals surface area contributed by atoms with E-state index in [0.717, 1.165) is 25.9 Å². The Morgan fingerprint density at radius 3 is 2.05 bits per heavy atom. The molecule has 0 bridgehead atoms. The first kappa shape index (κ1) is 18.1. The summed E-state index contributed by atoms with van der Waals surface area (Å²) in [5, 5.41) is 3.17. The van der Waals surface area contributed by atoms with E-state index < -0.39 is 5.97 Å². The lowest BCUT2D eigenvalue weighted by Crippen LogP contribution is -2.43. The van der Waals surface area contributed by atoms with Gasteiger partial charge in [-0.05, 0) is 49.3 Å². The smallest absolute Gasteiger partial charge is 0.337 e. The van der Waals surface area contributed by atoms with E-state index in [9.17, 15) is 9.59 Å². The fraction of sp³-hybridized carbons (Fsp3) is 0.438. The molecule has 6 heteroatoms. The maximum Gasteiger partial charge on any atom is 0.337 e. The second-order valence-electron chi connectivity index (χ2n) is 4.82. The van der Waals surface area contributed by atoms with Crippen LogP contribution in [0.15, 0.2) is 24.3 Å². The molecule has 120 valence electrons. The number of amides is 1. The number of esters is 1. The number of methoxy groups -OCH3 is 1. The van der Waals surface area contributed by atoms with Gasteiger partial charge >= 0.3 is 5.97 Å². The summed E-state index contributed by atoms with van der Waals surface area (Å²) in [6, 6.07) is 6.27. The number of hydrogen-bond donors (Lipinski definition) is 1. The topological polar surface area (TPSA) is 58.6 Å². The van der Waals surface area contributed by atoms with Crippen LogP contribution in [0, 0.1) is 0 Å². The number of rotatable bonds is 6. The number of nitrogens with zero attached hydrogens (tertiary/aromatic N) is 1. The first-order valence-corrected chi connectivity index (χ1v) is 7.72. The lowest BCUT2D eigenvalue weighted by molar-refractivity contribution is 0.0600. The average Bonchev–Trinajstić information content (AvgIpc) is 2.53. The molecular weight excluding hydrogens is 300 g/mol. The van der Waals surface area contributed by atoms with E-state index in [0.29, 0.717) is 16.2 Å². The fourth-order valence-corrected chi connectivity index (χ4v) is 2.25. The molecule has 0 unspecified atom stereocenters. The van der Waals surface area contributed by atoms with E-state index in [1.165, 1.54) is 7.11 Å². The normalized spacial score (nSPS) is 9.95. The molecule has 0 spiro atoms. The van der Waals surface area contributed by atoms with Crippen molar-refractivity contribution in [2.24, 2.45) is 0 Å². The molecular formula is C16H22N2O3S. The molecule has 0 atom stereocenters. The third-order valence-corrected chi connectivity index (χ3v) is 3.42. The van der Waals surface area contributed by atoms with Gasteiger partial charge in [0.25, 0.3) is 5.91 Å². The van der Waals surface area contributed by atoms with Crippen molar-refractivity contribution in [3.8, 4) is 0 Å². The monoisotopic (exact) mass is 322 g/mol. The molecule has 22 heavy (non-hydrogen) atoms. The number of benzene rings is 1. The van der Waals surface area contributed by atoms with Crippen LogP contribution < -0.4 is 5.32 Å². The zero-order valence-corrected chi connectivity index (χ0v) is 14.0. The summed E-state index contributed by atoms with van der Waals surface area (Å²) < 4.78 is 4.62. The minimum atomic E-state index is -0.431. The molecule has 0 saturated carbocycles. The zero-order valence-electron chi connectivity index (χ0n) is 13.2. The Morgan fingerprint density at radius 2 is 1.59 bits per heavy atom. The van der Waals surface area contributed by atoms with Gasteiger partial charge in [-0.3, -0.25) is 10.1 Å². The third-order valence-electron chi connectivity index (χ3n) is 3.06. The van der Waals surface area contributed by atoms with E-state index in [4.69, 9.17) is 12.2 Å². The van der Waals surface area contributed by atoms with Crippen LogP contribution >= 0.6 is 12.2 Å². The summed E-state index contributed by atoms with van der Waals surface area (Å²) in [5.41, 5.74) is 0.850. The number of ether oxygens (including phenoxy) is 1. The van der Waals surface area contributed by atoms with Gasteiger partial charge < -0.3 is 9.64 Å². The molecule has 1 N–H and O–H groups in total. The van der Waals surface area contributed by atoms with Gasteiger partial charge in [0.1, 0.15) is 0 Å². The third kappa shape index (κ3) is 5.11. The summed E-state index contributed by atoms with van der Waals surface area (Å²) in [6.07, 6.45) is 1.92. The Labute approximate surface area is 136 Å². The summed E-state index contributed by atoms with van der Waals surface area (Å²) in [7, 11) is 1.32. The van der Waals surface area contributed by atoms with Gasteiger partial charge in [-0.15, -0.1) is 0 Å². The van der Waals surface area contributed by atoms with Crippen LogP contribution in [0.3, 0.4) is 0 Å². The fourth-order valence-electron chi connectivity index (χ4n) is 1.98. The highest BCUT2D eigenvalue weighted by atomic mass is 32.1. The lowest BCUT2D eigenvalue weighted by Gasteiger charge is -2.24. The summed E-state index contributed by atoms with van der Waals surface area (Å²) in [4.78, 5) is 25.5. The van der Waals surface area contributed by atoms with E-state index in [1.807, 2.05) is 4.90 Å². The maximum absolute atomic E-state index is 12.2. The zero-order chi connectivity index (χ0) is 16.5. The number of thiocarbonyl (C=S) groups is 1. The predicted molar refractivity (Wildman–Crippen MR) is 90.0 cm³/mol. The van der Waals surface area contributed by atoms with Gasteiger partial charge in [-0.25, -0.2) is 4.79 Å². The van der Waals surface area contributed by atoms with Gasteiger partial charge in [0.2, 0.25) is 0 Å². The molecule has 5 nitrogen and oxygen atoms in total. The molecule has 0 fully saturated rings. The quantitative estimate of drug-likeness (QED) is 0.644. The molecule has 1 rings (SSSR count). The average molecular weight is 322 g/mol. The van der Waals surface area contributed by atoms with Gasteiger partial charge in [0, 0.05) is 18.7 Å². The Bertz CT molecular complexity index is 523. The van der Waals surface area contributed by atoms with Gasteiger partial charge in [0.05, 0.1) is 12.7 Å². The summed E-state index contributed by atoms with van der Waals surface area (Å²) >= 11 is 5.29. The molecule has 1 aromatic rings. The molecule has 0 aliphatic carbocycles. The highest BCUT2D eigenvalue weighted by Gasteiger charge is 2.13. The predicted octanol–water partition coefficient (Wildman–Crippen LogP) is 2.61. The minimum absolute atomic E-state index is 0.279. The molecule has 0 aliphatic heterocycles. The van der Waals surface area contributed by atoms with Gasteiger partial charge in [-0.2, -0.15) is 0 Å². The number of carbonyl (C=O) groups is 2. The Kier molecular flexibility index (Phi) is 7.52. The van der Waals surface area contributed by atoms with E-state index in [2.05, 4.69) is 23.9 Å². The lowest BCUT2D eigenvalue weighted by atomic mass is 10.1. The van der Waals surface area contributed by atoms with Crippen molar-refractivity contribution in [2.45, 2.75) is 26.7 Å². The van der Waals surface area contributed by atoms with Gasteiger partial charge in [-0.1, -0.05) is 13.8 Å². The van der Waals surface area contributed by atoms with E-state index >= 15 is 0 Å². The SMILES string of the molecule is CCCN(CCC)C(=S)NC(=O)c1ccc(C(=O)OC)cc1. The highest BCUT2D eigenvalue weighted by Crippen LogP contribution is 2.06. The van der Waals surface area contributed by atoms with Crippen LogP contribution in [0.1, 0.15) is 47.4 Å². The summed E-state index contributed by atoms with van der Waals surface area (Å²) in [5.74, 6) is -0.710.